The van der Waals surface area contributed by atoms with Gasteiger partial charge in [-0.1, -0.05) is 6.07 Å². The number of nitrogens with one attached hydrogen (secondary N) is 2. The van der Waals surface area contributed by atoms with Crippen molar-refractivity contribution in [3.05, 3.63) is 53.1 Å². The molecule has 5 rings (SSSR count). The van der Waals surface area contributed by atoms with Crippen LogP contribution in [-0.4, -0.2) is 52.2 Å². The van der Waals surface area contributed by atoms with E-state index >= 15 is 0 Å². The fraction of sp³-hybridized carbons (Fsp3) is 0.316. The summed E-state index contributed by atoms with van der Waals surface area (Å²) in [6.45, 7) is 2.38. The zero-order chi connectivity index (χ0) is 19.3. The summed E-state index contributed by atoms with van der Waals surface area (Å²) in [5, 5.41) is 4.53. The van der Waals surface area contributed by atoms with E-state index in [9.17, 15) is 13.2 Å². The van der Waals surface area contributed by atoms with E-state index in [2.05, 4.69) is 10.1 Å². The Balaban J connectivity index is 1.52. The number of benzene rings is 2. The molecule has 3 aliphatic heterocycles. The first-order chi connectivity index (χ1) is 13.5. The molecule has 0 spiro atoms. The standard InChI is InChI=1S/C19H19N3O5S/c23-19-13-2-1-3-17-18(13)15(11-20-19)14-10-12(4-5-16(14)27-17)28(24,25)21-22-6-8-26-9-7-22/h1-5,10,15,21H,6-9,11H2,(H,20,23). The summed E-state index contributed by atoms with van der Waals surface area (Å²) in [6, 6.07) is 10.2. The van der Waals surface area contributed by atoms with Crippen molar-refractivity contribution >= 4 is 15.9 Å². The van der Waals surface area contributed by atoms with Crippen LogP contribution in [0.5, 0.6) is 11.5 Å². The van der Waals surface area contributed by atoms with E-state index in [1.54, 1.807) is 29.3 Å². The minimum absolute atomic E-state index is 0.141. The van der Waals surface area contributed by atoms with Gasteiger partial charge in [0.05, 0.1) is 18.1 Å². The van der Waals surface area contributed by atoms with Crippen LogP contribution in [0.4, 0.5) is 0 Å². The van der Waals surface area contributed by atoms with E-state index in [1.807, 2.05) is 6.07 Å². The highest BCUT2D eigenvalue weighted by molar-refractivity contribution is 7.89. The molecular weight excluding hydrogens is 382 g/mol. The molecule has 0 aromatic heterocycles. The maximum Gasteiger partial charge on any atom is 0.253 e. The molecule has 1 saturated heterocycles. The van der Waals surface area contributed by atoms with E-state index in [-0.39, 0.29) is 16.7 Å². The molecule has 1 atom stereocenters. The molecule has 1 amide bonds. The van der Waals surface area contributed by atoms with Crippen molar-refractivity contribution in [2.24, 2.45) is 0 Å². The molecule has 1 unspecified atom stereocenters. The Labute approximate surface area is 162 Å². The van der Waals surface area contributed by atoms with Gasteiger partial charge in [-0.2, -0.15) is 0 Å². The van der Waals surface area contributed by atoms with Gasteiger partial charge in [0, 0.05) is 42.2 Å². The zero-order valence-corrected chi connectivity index (χ0v) is 15.8. The number of amides is 1. The summed E-state index contributed by atoms with van der Waals surface area (Å²) < 4.78 is 36.9. The number of carbonyl (C=O) groups excluding carboxylic acids is 1. The number of ether oxygens (including phenoxy) is 2. The lowest BCUT2D eigenvalue weighted by atomic mass is 9.82. The molecule has 28 heavy (non-hydrogen) atoms. The molecule has 0 saturated carbocycles. The summed E-state index contributed by atoms with van der Waals surface area (Å²) in [5.41, 5.74) is 2.14. The number of fused-ring (bicyclic) bond motifs is 2. The molecule has 2 aromatic carbocycles. The molecule has 1 fully saturated rings. The van der Waals surface area contributed by atoms with Crippen molar-refractivity contribution in [1.29, 1.82) is 0 Å². The van der Waals surface area contributed by atoms with Crippen LogP contribution in [0.1, 0.15) is 27.4 Å². The highest BCUT2D eigenvalue weighted by Gasteiger charge is 2.35. The number of hydrogen-bond donors (Lipinski definition) is 2. The van der Waals surface area contributed by atoms with Crippen molar-refractivity contribution in [2.75, 3.05) is 32.8 Å². The Kier molecular flexibility index (Phi) is 4.13. The summed E-state index contributed by atoms with van der Waals surface area (Å²) in [7, 11) is -3.73. The first-order valence-electron chi connectivity index (χ1n) is 9.11. The van der Waals surface area contributed by atoms with Crippen LogP contribution in [0, 0.1) is 0 Å². The Bertz CT molecular complexity index is 1060. The average molecular weight is 401 g/mol. The Morgan fingerprint density at radius 3 is 2.75 bits per heavy atom. The van der Waals surface area contributed by atoms with E-state index < -0.39 is 10.0 Å². The lowest BCUT2D eigenvalue weighted by molar-refractivity contribution is 0.0272. The maximum absolute atomic E-state index is 12.9. The molecule has 3 aliphatic rings. The van der Waals surface area contributed by atoms with Crippen LogP contribution in [-0.2, 0) is 14.8 Å². The van der Waals surface area contributed by atoms with Crippen molar-refractivity contribution in [3.63, 3.8) is 0 Å². The summed E-state index contributed by atoms with van der Waals surface area (Å²) >= 11 is 0. The molecule has 8 nitrogen and oxygen atoms in total. The predicted octanol–water partition coefficient (Wildman–Crippen LogP) is 1.19. The van der Waals surface area contributed by atoms with Gasteiger partial charge in [-0.05, 0) is 30.3 Å². The lowest BCUT2D eigenvalue weighted by Crippen LogP contribution is -2.48. The van der Waals surface area contributed by atoms with Gasteiger partial charge in [-0.25, -0.2) is 13.4 Å². The van der Waals surface area contributed by atoms with Crippen molar-refractivity contribution in [1.82, 2.24) is 15.2 Å². The largest absolute Gasteiger partial charge is 0.457 e. The molecule has 0 radical (unpaired) electrons. The molecule has 0 aliphatic carbocycles. The second kappa shape index (κ2) is 6.56. The maximum atomic E-state index is 12.9. The van der Waals surface area contributed by atoms with Gasteiger partial charge in [-0.15, -0.1) is 4.83 Å². The second-order valence-corrected chi connectivity index (χ2v) is 8.64. The van der Waals surface area contributed by atoms with Gasteiger partial charge >= 0.3 is 0 Å². The fourth-order valence-electron chi connectivity index (χ4n) is 3.90. The van der Waals surface area contributed by atoms with Crippen molar-refractivity contribution in [2.45, 2.75) is 10.8 Å². The minimum atomic E-state index is -3.73. The Morgan fingerprint density at radius 1 is 1.11 bits per heavy atom. The highest BCUT2D eigenvalue weighted by atomic mass is 32.2. The molecule has 3 heterocycles. The number of sulfonamides is 1. The first-order valence-corrected chi connectivity index (χ1v) is 10.6. The molecule has 2 N–H and O–H groups in total. The first kappa shape index (κ1) is 17.6. The van der Waals surface area contributed by atoms with Crippen LogP contribution in [0.3, 0.4) is 0 Å². The van der Waals surface area contributed by atoms with E-state index in [4.69, 9.17) is 9.47 Å². The monoisotopic (exact) mass is 401 g/mol. The van der Waals surface area contributed by atoms with Gasteiger partial charge in [0.2, 0.25) is 0 Å². The molecule has 9 heteroatoms. The lowest BCUT2D eigenvalue weighted by Gasteiger charge is -2.33. The van der Waals surface area contributed by atoms with E-state index in [0.717, 1.165) is 11.1 Å². The molecular formula is C19H19N3O5S. The average Bonchev–Trinajstić information content (AvgIpc) is 2.70. The zero-order valence-electron chi connectivity index (χ0n) is 15.0. The second-order valence-electron chi connectivity index (χ2n) is 6.98. The van der Waals surface area contributed by atoms with Crippen LogP contribution >= 0.6 is 0 Å². The van der Waals surface area contributed by atoms with Crippen LogP contribution < -0.4 is 14.9 Å². The van der Waals surface area contributed by atoms with Crippen molar-refractivity contribution < 1.29 is 22.7 Å². The van der Waals surface area contributed by atoms with Crippen LogP contribution in [0.25, 0.3) is 0 Å². The highest BCUT2D eigenvalue weighted by Crippen LogP contribution is 2.47. The number of morpholine rings is 1. The van der Waals surface area contributed by atoms with E-state index in [1.165, 1.54) is 6.07 Å². The SMILES string of the molecule is O=C1NCC2c3cc(S(=O)(=O)NN4CCOCC4)ccc3Oc3cccc1c32. The van der Waals surface area contributed by atoms with Crippen LogP contribution in [0.15, 0.2) is 41.3 Å². The third-order valence-corrected chi connectivity index (χ3v) is 6.65. The van der Waals surface area contributed by atoms with Crippen molar-refractivity contribution in [3.8, 4) is 11.5 Å². The smallest absolute Gasteiger partial charge is 0.253 e. The fourth-order valence-corrected chi connectivity index (χ4v) is 5.06. The number of rotatable bonds is 3. The molecule has 0 bridgehead atoms. The van der Waals surface area contributed by atoms with E-state index in [0.29, 0.717) is 49.9 Å². The predicted molar refractivity (Wildman–Crippen MR) is 99.8 cm³/mol. The number of hydrazine groups is 1. The number of carbonyl (C=O) groups is 1. The Morgan fingerprint density at radius 2 is 1.93 bits per heavy atom. The molecule has 2 aromatic rings. The summed E-state index contributed by atoms with van der Waals surface area (Å²) in [5.74, 6) is 0.965. The summed E-state index contributed by atoms with van der Waals surface area (Å²) in [4.78, 5) is 15.0. The Hall–Kier alpha value is -2.46. The van der Waals surface area contributed by atoms with Gasteiger partial charge < -0.3 is 14.8 Å². The summed E-state index contributed by atoms with van der Waals surface area (Å²) in [6.07, 6.45) is 0. The van der Waals surface area contributed by atoms with Gasteiger partial charge in [0.1, 0.15) is 11.5 Å². The quantitative estimate of drug-likeness (QED) is 0.802. The van der Waals surface area contributed by atoms with Crippen LogP contribution in [0.2, 0.25) is 0 Å². The third kappa shape index (κ3) is 2.87. The number of nitrogens with zero attached hydrogens (tertiary/aromatic N) is 1. The van der Waals surface area contributed by atoms with Gasteiger partial charge in [-0.3, -0.25) is 4.79 Å². The number of hydrogen-bond acceptors (Lipinski definition) is 6. The minimum Gasteiger partial charge on any atom is -0.457 e. The topological polar surface area (TPSA) is 97.0 Å². The third-order valence-electron chi connectivity index (χ3n) is 5.27. The van der Waals surface area contributed by atoms with Gasteiger partial charge in [0.15, 0.2) is 0 Å². The normalized spacial score (nSPS) is 21.3. The van der Waals surface area contributed by atoms with Gasteiger partial charge in [0.25, 0.3) is 15.9 Å². The molecule has 146 valence electrons.